The standard InChI is InChI=1S/C23H26F3NO4/c1-14(2)12-21(29)27(15(3)16-4-6-18(7-5-16)22(30)31)13-20(28)17-8-10-19(11-9-17)23(24,25)26/h4-11,14-15,20,28H,12-13H2,1-3H3,(H,30,31)/t15-,20?/m0/s1. The van der Waals surface area contributed by atoms with Crippen LogP contribution in [-0.4, -0.2) is 33.5 Å². The van der Waals surface area contributed by atoms with E-state index < -0.39 is 29.9 Å². The Balaban J connectivity index is 2.26. The van der Waals surface area contributed by atoms with Crippen LogP contribution in [0.15, 0.2) is 48.5 Å². The molecule has 0 aromatic heterocycles. The predicted octanol–water partition coefficient (Wildman–Crippen LogP) is 5.07. The Labute approximate surface area is 179 Å². The van der Waals surface area contributed by atoms with Gasteiger partial charge in [-0.05, 0) is 48.2 Å². The third-order valence-electron chi connectivity index (χ3n) is 5.00. The number of hydrogen-bond acceptors (Lipinski definition) is 3. The third kappa shape index (κ3) is 6.55. The van der Waals surface area contributed by atoms with Crippen LogP contribution < -0.4 is 0 Å². The number of carboxylic acid groups (broad SMARTS) is 1. The highest BCUT2D eigenvalue weighted by molar-refractivity contribution is 5.87. The summed E-state index contributed by atoms with van der Waals surface area (Å²) in [5.74, 6) is -1.21. The molecule has 0 aliphatic carbocycles. The fourth-order valence-corrected chi connectivity index (χ4v) is 3.21. The summed E-state index contributed by atoms with van der Waals surface area (Å²) in [4.78, 5) is 25.4. The molecule has 0 aliphatic heterocycles. The first-order chi connectivity index (χ1) is 14.4. The molecule has 0 fully saturated rings. The second kappa shape index (κ2) is 9.96. The smallest absolute Gasteiger partial charge is 0.416 e. The molecule has 2 rings (SSSR count). The zero-order valence-electron chi connectivity index (χ0n) is 17.6. The summed E-state index contributed by atoms with van der Waals surface area (Å²) in [6.45, 7) is 5.41. The number of rotatable bonds is 8. The van der Waals surface area contributed by atoms with Gasteiger partial charge in [-0.1, -0.05) is 38.1 Å². The Morgan fingerprint density at radius 1 is 0.935 bits per heavy atom. The topological polar surface area (TPSA) is 77.8 Å². The van der Waals surface area contributed by atoms with Gasteiger partial charge in [0.1, 0.15) is 0 Å². The highest BCUT2D eigenvalue weighted by Gasteiger charge is 2.31. The maximum Gasteiger partial charge on any atom is 0.416 e. The number of aliphatic hydroxyl groups is 1. The molecule has 2 atom stereocenters. The van der Waals surface area contributed by atoms with Gasteiger partial charge in [0.15, 0.2) is 0 Å². The number of nitrogens with zero attached hydrogens (tertiary/aromatic N) is 1. The quantitative estimate of drug-likeness (QED) is 0.604. The fraction of sp³-hybridized carbons (Fsp3) is 0.391. The average Bonchev–Trinajstić information content (AvgIpc) is 2.70. The van der Waals surface area contributed by atoms with Crippen molar-refractivity contribution in [3.05, 3.63) is 70.8 Å². The van der Waals surface area contributed by atoms with Crippen LogP contribution in [0.3, 0.4) is 0 Å². The van der Waals surface area contributed by atoms with Crippen LogP contribution in [0.1, 0.15) is 66.4 Å². The summed E-state index contributed by atoms with van der Waals surface area (Å²) in [6, 6.07) is 9.80. The van der Waals surface area contributed by atoms with Gasteiger partial charge in [0.05, 0.1) is 29.8 Å². The van der Waals surface area contributed by atoms with E-state index in [0.29, 0.717) is 5.56 Å². The summed E-state index contributed by atoms with van der Waals surface area (Å²) in [5, 5.41) is 19.7. The number of hydrogen-bond donors (Lipinski definition) is 2. The molecule has 0 spiro atoms. The maximum atomic E-state index is 12.9. The number of amides is 1. The molecule has 31 heavy (non-hydrogen) atoms. The van der Waals surface area contributed by atoms with Crippen molar-refractivity contribution in [2.75, 3.05) is 6.54 Å². The molecule has 0 aliphatic rings. The van der Waals surface area contributed by atoms with Crippen molar-refractivity contribution >= 4 is 11.9 Å². The van der Waals surface area contributed by atoms with E-state index >= 15 is 0 Å². The van der Waals surface area contributed by atoms with Crippen molar-refractivity contribution in [3.8, 4) is 0 Å². The molecule has 0 radical (unpaired) electrons. The van der Waals surface area contributed by atoms with Gasteiger partial charge in [-0.3, -0.25) is 4.79 Å². The second-order valence-corrected chi connectivity index (χ2v) is 7.88. The minimum atomic E-state index is -4.47. The Morgan fingerprint density at radius 3 is 1.90 bits per heavy atom. The molecule has 2 aromatic rings. The Morgan fingerprint density at radius 2 is 1.45 bits per heavy atom. The summed E-state index contributed by atoms with van der Waals surface area (Å²) in [5.41, 5.74) is 0.245. The molecular weight excluding hydrogens is 411 g/mol. The number of alkyl halides is 3. The zero-order valence-corrected chi connectivity index (χ0v) is 17.6. The van der Waals surface area contributed by atoms with Gasteiger partial charge in [0, 0.05) is 6.42 Å². The molecule has 2 N–H and O–H groups in total. The molecule has 0 bridgehead atoms. The number of aliphatic hydroxyl groups excluding tert-OH is 1. The highest BCUT2D eigenvalue weighted by Crippen LogP contribution is 2.31. The highest BCUT2D eigenvalue weighted by atomic mass is 19.4. The molecule has 0 saturated heterocycles. The molecule has 0 saturated carbocycles. The van der Waals surface area contributed by atoms with Gasteiger partial charge < -0.3 is 15.1 Å². The van der Waals surface area contributed by atoms with Crippen molar-refractivity contribution in [2.45, 2.75) is 45.5 Å². The molecule has 0 heterocycles. The van der Waals surface area contributed by atoms with Crippen LogP contribution in [0, 0.1) is 5.92 Å². The van der Waals surface area contributed by atoms with Gasteiger partial charge in [-0.2, -0.15) is 13.2 Å². The SMILES string of the molecule is CC(C)CC(=O)N(CC(O)c1ccc(C(F)(F)F)cc1)[C@@H](C)c1ccc(C(=O)O)cc1. The minimum Gasteiger partial charge on any atom is -0.478 e. The lowest BCUT2D eigenvalue weighted by molar-refractivity contribution is -0.137. The predicted molar refractivity (Wildman–Crippen MR) is 109 cm³/mol. The monoisotopic (exact) mass is 437 g/mol. The van der Waals surface area contributed by atoms with Crippen LogP contribution in [0.25, 0.3) is 0 Å². The van der Waals surface area contributed by atoms with E-state index in [0.717, 1.165) is 12.1 Å². The first-order valence-corrected chi connectivity index (χ1v) is 9.88. The summed E-state index contributed by atoms with van der Waals surface area (Å²) < 4.78 is 38.3. The van der Waals surface area contributed by atoms with E-state index in [4.69, 9.17) is 5.11 Å². The Kier molecular flexibility index (Phi) is 7.84. The average molecular weight is 437 g/mol. The Bertz CT molecular complexity index is 893. The minimum absolute atomic E-state index is 0.0693. The molecule has 1 amide bonds. The van der Waals surface area contributed by atoms with Gasteiger partial charge in [0.25, 0.3) is 0 Å². The van der Waals surface area contributed by atoms with E-state index in [-0.39, 0.29) is 35.9 Å². The molecule has 168 valence electrons. The summed E-state index contributed by atoms with van der Waals surface area (Å²) in [6.07, 6.45) is -5.42. The molecule has 2 aromatic carbocycles. The third-order valence-corrected chi connectivity index (χ3v) is 5.00. The molecule has 1 unspecified atom stereocenters. The van der Waals surface area contributed by atoms with Gasteiger partial charge in [0.2, 0.25) is 5.91 Å². The zero-order chi connectivity index (χ0) is 23.3. The number of benzene rings is 2. The van der Waals surface area contributed by atoms with Gasteiger partial charge in [-0.15, -0.1) is 0 Å². The first-order valence-electron chi connectivity index (χ1n) is 9.88. The van der Waals surface area contributed by atoms with E-state index in [1.54, 1.807) is 19.1 Å². The number of carbonyl (C=O) groups excluding carboxylic acids is 1. The fourth-order valence-electron chi connectivity index (χ4n) is 3.21. The van der Waals surface area contributed by atoms with Crippen molar-refractivity contribution in [1.29, 1.82) is 0 Å². The van der Waals surface area contributed by atoms with Crippen LogP contribution in [0.5, 0.6) is 0 Å². The van der Waals surface area contributed by atoms with Crippen molar-refractivity contribution < 1.29 is 33.0 Å². The second-order valence-electron chi connectivity index (χ2n) is 7.88. The lowest BCUT2D eigenvalue weighted by Gasteiger charge is -2.32. The van der Waals surface area contributed by atoms with Crippen LogP contribution in [0.2, 0.25) is 0 Å². The van der Waals surface area contributed by atoms with Crippen LogP contribution >= 0.6 is 0 Å². The lowest BCUT2D eigenvalue weighted by Crippen LogP contribution is -2.37. The van der Waals surface area contributed by atoms with E-state index in [1.165, 1.54) is 29.2 Å². The van der Waals surface area contributed by atoms with E-state index in [9.17, 15) is 27.9 Å². The van der Waals surface area contributed by atoms with Crippen molar-refractivity contribution in [1.82, 2.24) is 4.90 Å². The molecule has 5 nitrogen and oxygen atoms in total. The largest absolute Gasteiger partial charge is 0.478 e. The van der Waals surface area contributed by atoms with Crippen molar-refractivity contribution in [3.63, 3.8) is 0 Å². The first kappa shape index (κ1) is 24.4. The van der Waals surface area contributed by atoms with Crippen LogP contribution in [-0.2, 0) is 11.0 Å². The molecular formula is C23H26F3NO4. The maximum absolute atomic E-state index is 12.9. The van der Waals surface area contributed by atoms with Gasteiger partial charge in [-0.25, -0.2) is 4.79 Å². The van der Waals surface area contributed by atoms with E-state index in [1.807, 2.05) is 13.8 Å². The van der Waals surface area contributed by atoms with Gasteiger partial charge >= 0.3 is 12.1 Å². The molecule has 8 heteroatoms. The van der Waals surface area contributed by atoms with Crippen LogP contribution in [0.4, 0.5) is 13.2 Å². The lowest BCUT2D eigenvalue weighted by atomic mass is 10.0. The number of carboxylic acids is 1. The van der Waals surface area contributed by atoms with Crippen molar-refractivity contribution in [2.24, 2.45) is 5.92 Å². The summed E-state index contributed by atoms with van der Waals surface area (Å²) in [7, 11) is 0. The number of aromatic carboxylic acids is 1. The van der Waals surface area contributed by atoms with E-state index in [2.05, 4.69) is 0 Å². The number of carbonyl (C=O) groups is 2. The number of halogens is 3. The Hall–Kier alpha value is -2.87. The summed E-state index contributed by atoms with van der Waals surface area (Å²) >= 11 is 0. The normalized spacial score (nSPS) is 13.7.